The lowest BCUT2D eigenvalue weighted by molar-refractivity contribution is -0.116. The molecule has 8 nitrogen and oxygen atoms in total. The molecule has 0 aliphatic heterocycles. The molecule has 0 bridgehead atoms. The number of hydrogen-bond acceptors (Lipinski definition) is 5. The number of nitrogens with zero attached hydrogens (tertiary/aromatic N) is 4. The number of aryl methyl sites for hydroxylation is 3. The molecule has 1 N–H and O–H groups in total. The van der Waals surface area contributed by atoms with Crippen LogP contribution in [0.4, 0.5) is 5.82 Å². The Labute approximate surface area is 128 Å². The highest BCUT2D eigenvalue weighted by Gasteiger charge is 2.19. The summed E-state index contributed by atoms with van der Waals surface area (Å²) < 4.78 is 8.12. The summed E-state index contributed by atoms with van der Waals surface area (Å²) in [5.74, 6) is -0.390. The maximum atomic E-state index is 12.1. The maximum Gasteiger partial charge on any atom is 0.343 e. The molecular formula is C14H19N5O3. The van der Waals surface area contributed by atoms with Gasteiger partial charge in [0, 0.05) is 31.9 Å². The van der Waals surface area contributed by atoms with Crippen LogP contribution in [-0.2, 0) is 23.1 Å². The lowest BCUT2D eigenvalue weighted by atomic mass is 10.3. The van der Waals surface area contributed by atoms with Crippen molar-refractivity contribution in [1.29, 1.82) is 0 Å². The van der Waals surface area contributed by atoms with Crippen LogP contribution in [0.5, 0.6) is 0 Å². The summed E-state index contributed by atoms with van der Waals surface area (Å²) in [7, 11) is 1.65. The number of anilines is 1. The van der Waals surface area contributed by atoms with Gasteiger partial charge in [-0.1, -0.05) is 0 Å². The highest BCUT2D eigenvalue weighted by Crippen LogP contribution is 2.15. The predicted molar refractivity (Wildman–Crippen MR) is 79.4 cm³/mol. The number of aromatic nitrogens is 4. The third-order valence-electron chi connectivity index (χ3n) is 3.17. The van der Waals surface area contributed by atoms with Crippen LogP contribution in [0, 0.1) is 6.92 Å². The van der Waals surface area contributed by atoms with E-state index in [2.05, 4.69) is 15.5 Å². The van der Waals surface area contributed by atoms with E-state index in [1.165, 1.54) is 10.9 Å². The highest BCUT2D eigenvalue weighted by atomic mass is 16.5. The lowest BCUT2D eigenvalue weighted by Crippen LogP contribution is -2.19. The van der Waals surface area contributed by atoms with Gasteiger partial charge in [-0.3, -0.25) is 14.2 Å². The molecule has 2 rings (SSSR count). The minimum absolute atomic E-state index is 0.218. The number of esters is 1. The Morgan fingerprint density at radius 3 is 2.77 bits per heavy atom. The van der Waals surface area contributed by atoms with Gasteiger partial charge in [0.1, 0.15) is 11.4 Å². The van der Waals surface area contributed by atoms with E-state index in [4.69, 9.17) is 4.74 Å². The van der Waals surface area contributed by atoms with Gasteiger partial charge in [-0.2, -0.15) is 10.2 Å². The van der Waals surface area contributed by atoms with Gasteiger partial charge in [0.2, 0.25) is 5.91 Å². The summed E-state index contributed by atoms with van der Waals surface area (Å²) in [5.41, 5.74) is 1.23. The SMILES string of the molecule is CCOC(=O)c1cnn(C)c1NC(=O)CCn1nccc1C. The molecule has 0 saturated carbocycles. The molecule has 2 heterocycles. The molecule has 0 aromatic carbocycles. The first-order valence-electron chi connectivity index (χ1n) is 7.00. The van der Waals surface area contributed by atoms with Crippen LogP contribution in [0.15, 0.2) is 18.5 Å². The van der Waals surface area contributed by atoms with E-state index in [-0.39, 0.29) is 24.5 Å². The normalized spacial score (nSPS) is 10.5. The number of carbonyl (C=O) groups is 2. The van der Waals surface area contributed by atoms with Gasteiger partial charge in [0.25, 0.3) is 0 Å². The maximum absolute atomic E-state index is 12.1. The molecule has 2 aromatic rings. The number of nitrogens with one attached hydrogen (secondary N) is 1. The van der Waals surface area contributed by atoms with Crippen LogP contribution >= 0.6 is 0 Å². The largest absolute Gasteiger partial charge is 0.462 e. The van der Waals surface area contributed by atoms with Gasteiger partial charge in [0.05, 0.1) is 12.8 Å². The van der Waals surface area contributed by atoms with E-state index >= 15 is 0 Å². The third kappa shape index (κ3) is 3.51. The van der Waals surface area contributed by atoms with E-state index in [0.29, 0.717) is 12.4 Å². The summed E-state index contributed by atoms with van der Waals surface area (Å²) in [5, 5.41) is 10.8. The molecule has 0 fully saturated rings. The number of hydrogen-bond donors (Lipinski definition) is 1. The molecule has 0 radical (unpaired) electrons. The first kappa shape index (κ1) is 15.7. The minimum atomic E-state index is -0.506. The second-order valence-electron chi connectivity index (χ2n) is 4.74. The first-order valence-corrected chi connectivity index (χ1v) is 7.00. The molecule has 22 heavy (non-hydrogen) atoms. The predicted octanol–water partition coefficient (Wildman–Crippen LogP) is 1.13. The molecule has 0 unspecified atom stereocenters. The molecule has 0 aliphatic carbocycles. The van der Waals surface area contributed by atoms with Crippen molar-refractivity contribution in [3.63, 3.8) is 0 Å². The Bertz CT molecular complexity index is 674. The number of rotatable bonds is 6. The van der Waals surface area contributed by atoms with Gasteiger partial charge in [-0.05, 0) is 19.9 Å². The molecule has 0 saturated heterocycles. The number of carbonyl (C=O) groups excluding carboxylic acids is 2. The monoisotopic (exact) mass is 305 g/mol. The Kier molecular flexibility index (Phi) is 4.92. The summed E-state index contributed by atoms with van der Waals surface area (Å²) in [4.78, 5) is 23.9. The zero-order chi connectivity index (χ0) is 16.1. The zero-order valence-electron chi connectivity index (χ0n) is 12.9. The van der Waals surface area contributed by atoms with Crippen LogP contribution in [0.3, 0.4) is 0 Å². The molecule has 0 spiro atoms. The first-order chi connectivity index (χ1) is 10.5. The van der Waals surface area contributed by atoms with Crippen molar-refractivity contribution in [2.45, 2.75) is 26.8 Å². The minimum Gasteiger partial charge on any atom is -0.462 e. The standard InChI is InChI=1S/C14H19N5O3/c1-4-22-14(21)11-9-16-18(3)13(11)17-12(20)6-8-19-10(2)5-7-15-19/h5,7,9H,4,6,8H2,1-3H3,(H,17,20). The van der Waals surface area contributed by atoms with Gasteiger partial charge < -0.3 is 10.1 Å². The molecule has 8 heteroatoms. The fourth-order valence-electron chi connectivity index (χ4n) is 1.98. The molecule has 118 valence electrons. The summed E-state index contributed by atoms with van der Waals surface area (Å²) in [6.45, 7) is 4.38. The van der Waals surface area contributed by atoms with E-state index in [9.17, 15) is 9.59 Å². The molecule has 0 aliphatic rings. The van der Waals surface area contributed by atoms with Crippen LogP contribution in [0.25, 0.3) is 0 Å². The van der Waals surface area contributed by atoms with Crippen molar-refractivity contribution >= 4 is 17.7 Å². The number of amides is 1. The molecule has 1 amide bonds. The van der Waals surface area contributed by atoms with Crippen molar-refractivity contribution < 1.29 is 14.3 Å². The van der Waals surface area contributed by atoms with Crippen molar-refractivity contribution in [3.05, 3.63) is 29.7 Å². The van der Waals surface area contributed by atoms with Crippen LogP contribution in [0.2, 0.25) is 0 Å². The van der Waals surface area contributed by atoms with Crippen LogP contribution in [0.1, 0.15) is 29.4 Å². The zero-order valence-corrected chi connectivity index (χ0v) is 12.9. The van der Waals surface area contributed by atoms with Gasteiger partial charge in [0.15, 0.2) is 0 Å². The van der Waals surface area contributed by atoms with Crippen molar-refractivity contribution in [1.82, 2.24) is 19.6 Å². The fourth-order valence-corrected chi connectivity index (χ4v) is 1.98. The summed E-state index contributed by atoms with van der Waals surface area (Å²) in [6.07, 6.45) is 3.31. The molecular weight excluding hydrogens is 286 g/mol. The van der Waals surface area contributed by atoms with E-state index < -0.39 is 5.97 Å². The molecule has 2 aromatic heterocycles. The summed E-state index contributed by atoms with van der Waals surface area (Å²) in [6, 6.07) is 1.87. The quantitative estimate of drug-likeness (QED) is 0.808. The average molecular weight is 305 g/mol. The average Bonchev–Trinajstić information content (AvgIpc) is 3.04. The van der Waals surface area contributed by atoms with E-state index in [1.54, 1.807) is 24.9 Å². The Balaban J connectivity index is 2.01. The van der Waals surface area contributed by atoms with Gasteiger partial charge >= 0.3 is 5.97 Å². The van der Waals surface area contributed by atoms with Crippen molar-refractivity contribution in [3.8, 4) is 0 Å². The Hall–Kier alpha value is -2.64. The smallest absolute Gasteiger partial charge is 0.343 e. The topological polar surface area (TPSA) is 91.0 Å². The fraction of sp³-hybridized carbons (Fsp3) is 0.429. The second kappa shape index (κ2) is 6.88. The highest BCUT2D eigenvalue weighted by molar-refractivity contribution is 6.00. The van der Waals surface area contributed by atoms with Gasteiger partial charge in [-0.25, -0.2) is 4.79 Å². The van der Waals surface area contributed by atoms with E-state index in [0.717, 1.165) is 5.69 Å². The van der Waals surface area contributed by atoms with E-state index in [1.807, 2.05) is 13.0 Å². The second-order valence-corrected chi connectivity index (χ2v) is 4.74. The summed E-state index contributed by atoms with van der Waals surface area (Å²) >= 11 is 0. The molecule has 0 atom stereocenters. The van der Waals surface area contributed by atoms with Gasteiger partial charge in [-0.15, -0.1) is 0 Å². The third-order valence-corrected chi connectivity index (χ3v) is 3.17. The van der Waals surface area contributed by atoms with Crippen molar-refractivity contribution in [2.24, 2.45) is 7.05 Å². The van der Waals surface area contributed by atoms with Crippen LogP contribution < -0.4 is 5.32 Å². The van der Waals surface area contributed by atoms with Crippen molar-refractivity contribution in [2.75, 3.05) is 11.9 Å². The van der Waals surface area contributed by atoms with Crippen LogP contribution in [-0.4, -0.2) is 38.0 Å². The number of ether oxygens (including phenoxy) is 1. The Morgan fingerprint density at radius 1 is 1.36 bits per heavy atom. The Morgan fingerprint density at radius 2 is 2.14 bits per heavy atom. The lowest BCUT2D eigenvalue weighted by Gasteiger charge is -2.09.